The van der Waals surface area contributed by atoms with Crippen LogP contribution in [0.3, 0.4) is 0 Å². The van der Waals surface area contributed by atoms with Crippen molar-refractivity contribution >= 4 is 17.6 Å². The highest BCUT2D eigenvalue weighted by Gasteiger charge is 2.20. The van der Waals surface area contributed by atoms with Crippen LogP contribution in [0, 0.1) is 5.82 Å². The van der Waals surface area contributed by atoms with E-state index in [1.807, 2.05) is 0 Å². The summed E-state index contributed by atoms with van der Waals surface area (Å²) in [6.07, 6.45) is 0. The van der Waals surface area contributed by atoms with Crippen LogP contribution in [0.2, 0.25) is 5.02 Å². The number of carbonyl (C=O) groups is 1. The molecule has 0 atom stereocenters. The summed E-state index contributed by atoms with van der Waals surface area (Å²) in [4.78, 5) is 15.1. The van der Waals surface area contributed by atoms with Crippen LogP contribution in [-0.4, -0.2) is 22.7 Å². The van der Waals surface area contributed by atoms with Gasteiger partial charge >= 0.3 is 5.97 Å². The first kappa shape index (κ1) is 12.5. The normalized spacial score (nSPS) is 10.4. The van der Waals surface area contributed by atoms with Crippen LogP contribution in [0.15, 0.2) is 22.7 Å². The molecule has 1 aromatic carbocycles. The fourth-order valence-electron chi connectivity index (χ4n) is 1.31. The van der Waals surface area contributed by atoms with E-state index in [0.29, 0.717) is 0 Å². The van der Waals surface area contributed by atoms with Crippen molar-refractivity contribution in [3.05, 3.63) is 34.9 Å². The van der Waals surface area contributed by atoms with Gasteiger partial charge in [-0.2, -0.15) is 4.98 Å². The summed E-state index contributed by atoms with van der Waals surface area (Å²) < 4.78 is 23.0. The Morgan fingerprint density at radius 1 is 1.56 bits per heavy atom. The summed E-state index contributed by atoms with van der Waals surface area (Å²) in [5.74, 6) is -1.78. The van der Waals surface area contributed by atoms with E-state index in [2.05, 4.69) is 14.9 Å². The van der Waals surface area contributed by atoms with Gasteiger partial charge in [0.15, 0.2) is 0 Å². The van der Waals surface area contributed by atoms with Gasteiger partial charge in [-0.15, -0.1) is 0 Å². The summed E-state index contributed by atoms with van der Waals surface area (Å²) in [6.45, 7) is 1.83. The first-order chi connectivity index (χ1) is 8.63. The second-order valence-corrected chi connectivity index (χ2v) is 3.65. The maximum absolute atomic E-state index is 13.6. The topological polar surface area (TPSA) is 65.2 Å². The largest absolute Gasteiger partial charge is 0.460 e. The molecule has 0 aliphatic heterocycles. The highest BCUT2D eigenvalue weighted by molar-refractivity contribution is 6.33. The van der Waals surface area contributed by atoms with Gasteiger partial charge in [0, 0.05) is 0 Å². The maximum atomic E-state index is 13.6. The van der Waals surface area contributed by atoms with Crippen molar-refractivity contribution in [1.82, 2.24) is 10.1 Å². The van der Waals surface area contributed by atoms with Crippen LogP contribution >= 0.6 is 11.6 Å². The number of halogens is 2. The lowest BCUT2D eigenvalue weighted by Gasteiger charge is -1.99. The molecule has 2 rings (SSSR count). The summed E-state index contributed by atoms with van der Waals surface area (Å²) in [6, 6.07) is 4.13. The molecular weight excluding hydrogens is 263 g/mol. The van der Waals surface area contributed by atoms with Gasteiger partial charge in [0.25, 0.3) is 11.7 Å². The van der Waals surface area contributed by atoms with Gasteiger partial charge in [-0.05, 0) is 24.2 Å². The molecule has 94 valence electrons. The minimum absolute atomic E-state index is 0.0396. The quantitative estimate of drug-likeness (QED) is 0.802. The summed E-state index contributed by atoms with van der Waals surface area (Å²) in [5.41, 5.74) is -0.0396. The average molecular weight is 271 g/mol. The molecule has 0 saturated heterocycles. The molecule has 18 heavy (non-hydrogen) atoms. The molecule has 0 fully saturated rings. The van der Waals surface area contributed by atoms with E-state index in [9.17, 15) is 9.18 Å². The van der Waals surface area contributed by atoms with E-state index in [1.54, 1.807) is 6.92 Å². The number of benzene rings is 1. The molecule has 0 bridgehead atoms. The SMILES string of the molecule is CCOC(=O)c1noc(-c2c(F)cccc2Cl)n1. The number of esters is 1. The van der Waals surface area contributed by atoms with Gasteiger partial charge in [-0.3, -0.25) is 0 Å². The molecule has 0 radical (unpaired) electrons. The van der Waals surface area contributed by atoms with Crippen molar-refractivity contribution in [2.75, 3.05) is 6.61 Å². The van der Waals surface area contributed by atoms with Crippen molar-refractivity contribution in [3.8, 4) is 11.5 Å². The van der Waals surface area contributed by atoms with E-state index < -0.39 is 11.8 Å². The predicted octanol–water partition coefficient (Wildman–Crippen LogP) is 2.71. The molecule has 0 saturated carbocycles. The van der Waals surface area contributed by atoms with E-state index in [1.165, 1.54) is 18.2 Å². The number of aromatic nitrogens is 2. The van der Waals surface area contributed by atoms with E-state index in [0.717, 1.165) is 0 Å². The lowest BCUT2D eigenvalue weighted by Crippen LogP contribution is -2.06. The van der Waals surface area contributed by atoms with Gasteiger partial charge in [0.1, 0.15) is 5.82 Å². The van der Waals surface area contributed by atoms with Crippen molar-refractivity contribution in [2.24, 2.45) is 0 Å². The third kappa shape index (κ3) is 2.33. The lowest BCUT2D eigenvalue weighted by atomic mass is 10.2. The maximum Gasteiger partial charge on any atom is 0.379 e. The third-order valence-corrected chi connectivity index (χ3v) is 2.38. The van der Waals surface area contributed by atoms with Crippen molar-refractivity contribution in [1.29, 1.82) is 0 Å². The van der Waals surface area contributed by atoms with Crippen LogP contribution in [0.4, 0.5) is 4.39 Å². The van der Waals surface area contributed by atoms with Gasteiger partial charge in [-0.25, -0.2) is 9.18 Å². The minimum Gasteiger partial charge on any atom is -0.460 e. The zero-order valence-corrected chi connectivity index (χ0v) is 10.1. The standard InChI is InChI=1S/C11H8ClFN2O3/c1-2-17-11(16)9-14-10(18-15-9)8-6(12)4-3-5-7(8)13/h3-5H,2H2,1H3. The minimum atomic E-state index is -0.736. The molecule has 5 nitrogen and oxygen atoms in total. The first-order valence-corrected chi connectivity index (χ1v) is 5.46. The monoisotopic (exact) mass is 270 g/mol. The van der Waals surface area contributed by atoms with E-state index >= 15 is 0 Å². The Morgan fingerprint density at radius 3 is 3.00 bits per heavy atom. The fourth-order valence-corrected chi connectivity index (χ4v) is 1.55. The zero-order chi connectivity index (χ0) is 13.1. The van der Waals surface area contributed by atoms with Crippen molar-refractivity contribution in [3.63, 3.8) is 0 Å². The fraction of sp³-hybridized carbons (Fsp3) is 0.182. The Kier molecular flexibility index (Phi) is 3.57. The molecule has 0 spiro atoms. The van der Waals surface area contributed by atoms with Gasteiger partial charge in [0.05, 0.1) is 17.2 Å². The highest BCUT2D eigenvalue weighted by Crippen LogP contribution is 2.29. The zero-order valence-electron chi connectivity index (χ0n) is 9.31. The van der Waals surface area contributed by atoms with E-state index in [-0.39, 0.29) is 28.9 Å². The summed E-state index contributed by atoms with van der Waals surface area (Å²) in [5, 5.41) is 3.53. The molecule has 0 aliphatic rings. The Balaban J connectivity index is 2.38. The molecule has 7 heteroatoms. The Morgan fingerprint density at radius 2 is 2.33 bits per heavy atom. The molecule has 0 N–H and O–H groups in total. The Bertz CT molecular complexity index is 565. The highest BCUT2D eigenvalue weighted by atomic mass is 35.5. The van der Waals surface area contributed by atoms with Crippen LogP contribution in [0.25, 0.3) is 11.5 Å². The number of hydrogen-bond acceptors (Lipinski definition) is 5. The molecule has 0 unspecified atom stereocenters. The van der Waals surface area contributed by atoms with Crippen LogP contribution in [0.1, 0.15) is 17.5 Å². The number of hydrogen-bond donors (Lipinski definition) is 0. The van der Waals surface area contributed by atoms with Gasteiger partial charge < -0.3 is 9.26 Å². The first-order valence-electron chi connectivity index (χ1n) is 5.08. The number of ether oxygens (including phenoxy) is 1. The van der Waals surface area contributed by atoms with Crippen molar-refractivity contribution < 1.29 is 18.4 Å². The molecule has 0 aliphatic carbocycles. The average Bonchev–Trinajstić information content (AvgIpc) is 2.78. The molecule has 0 amide bonds. The predicted molar refractivity (Wildman–Crippen MR) is 60.7 cm³/mol. The number of nitrogens with zero attached hydrogens (tertiary/aromatic N) is 2. The molecule has 1 heterocycles. The molecule has 2 aromatic rings. The van der Waals surface area contributed by atoms with Gasteiger partial charge in [-0.1, -0.05) is 17.7 Å². The Labute approximate surface area is 107 Å². The summed E-state index contributed by atoms with van der Waals surface area (Å²) >= 11 is 5.83. The third-order valence-electron chi connectivity index (χ3n) is 2.06. The molecular formula is C11H8ClFN2O3. The smallest absolute Gasteiger partial charge is 0.379 e. The second kappa shape index (κ2) is 5.14. The van der Waals surface area contributed by atoms with Crippen LogP contribution < -0.4 is 0 Å². The van der Waals surface area contributed by atoms with Crippen molar-refractivity contribution in [2.45, 2.75) is 6.92 Å². The van der Waals surface area contributed by atoms with Crippen LogP contribution in [-0.2, 0) is 4.74 Å². The van der Waals surface area contributed by atoms with E-state index in [4.69, 9.17) is 16.1 Å². The summed E-state index contributed by atoms with van der Waals surface area (Å²) in [7, 11) is 0. The number of carbonyl (C=O) groups excluding carboxylic acids is 1. The number of rotatable bonds is 3. The van der Waals surface area contributed by atoms with Crippen LogP contribution in [0.5, 0.6) is 0 Å². The molecule has 1 aromatic heterocycles. The Hall–Kier alpha value is -1.95. The second-order valence-electron chi connectivity index (χ2n) is 3.24. The van der Waals surface area contributed by atoms with Gasteiger partial charge in [0.2, 0.25) is 0 Å². The lowest BCUT2D eigenvalue weighted by molar-refractivity contribution is 0.0508.